The minimum absolute atomic E-state index is 0.0964. The molecule has 0 heterocycles. The van der Waals surface area contributed by atoms with Gasteiger partial charge in [-0.1, -0.05) is 29.3 Å². The van der Waals surface area contributed by atoms with Gasteiger partial charge in [-0.15, -0.1) is 0 Å². The molecule has 2 rings (SSSR count). The Balaban J connectivity index is 2.19. The normalized spacial score (nSPS) is 10.3. The lowest BCUT2D eigenvalue weighted by molar-refractivity contribution is -0.385. The Bertz CT molecular complexity index is 639. The predicted octanol–water partition coefficient (Wildman–Crippen LogP) is 4.82. The lowest BCUT2D eigenvalue weighted by Gasteiger charge is -2.10. The molecule has 0 bridgehead atoms. The topological polar surface area (TPSA) is 55.2 Å². The zero-order chi connectivity index (χ0) is 14.7. The van der Waals surface area contributed by atoms with Crippen LogP contribution in [0.3, 0.4) is 0 Å². The number of hydrogen-bond acceptors (Lipinski definition) is 3. The number of benzene rings is 2. The van der Waals surface area contributed by atoms with Gasteiger partial charge in [0.15, 0.2) is 0 Å². The summed E-state index contributed by atoms with van der Waals surface area (Å²) in [6.07, 6.45) is 0. The molecule has 104 valence electrons. The van der Waals surface area contributed by atoms with Gasteiger partial charge < -0.3 is 5.32 Å². The monoisotopic (exact) mass is 310 g/mol. The molecule has 6 heteroatoms. The van der Waals surface area contributed by atoms with Crippen molar-refractivity contribution < 1.29 is 4.92 Å². The molecule has 0 aliphatic carbocycles. The van der Waals surface area contributed by atoms with Crippen molar-refractivity contribution in [3.63, 3.8) is 0 Å². The molecule has 0 amide bonds. The first kappa shape index (κ1) is 14.6. The number of nitro groups is 1. The minimum Gasteiger partial charge on any atom is -0.381 e. The SMILES string of the molecule is Cc1c(NCc2cc(Cl)cc(Cl)c2)cccc1[N+](=O)[O-]. The van der Waals surface area contributed by atoms with Gasteiger partial charge >= 0.3 is 0 Å². The molecule has 4 nitrogen and oxygen atoms in total. The van der Waals surface area contributed by atoms with Gasteiger partial charge in [0.05, 0.1) is 4.92 Å². The highest BCUT2D eigenvalue weighted by Crippen LogP contribution is 2.26. The molecule has 20 heavy (non-hydrogen) atoms. The summed E-state index contributed by atoms with van der Waals surface area (Å²) in [6.45, 7) is 2.20. The van der Waals surface area contributed by atoms with E-state index < -0.39 is 4.92 Å². The predicted molar refractivity (Wildman–Crippen MR) is 81.6 cm³/mol. The Labute approximate surface area is 126 Å². The highest BCUT2D eigenvalue weighted by Gasteiger charge is 2.12. The first-order valence-electron chi connectivity index (χ1n) is 5.90. The second-order valence-electron chi connectivity index (χ2n) is 4.34. The third-order valence-corrected chi connectivity index (χ3v) is 3.34. The van der Waals surface area contributed by atoms with E-state index in [0.29, 0.717) is 22.2 Å². The molecule has 0 aromatic heterocycles. The maximum atomic E-state index is 10.9. The molecule has 0 unspecified atom stereocenters. The fraction of sp³-hybridized carbons (Fsp3) is 0.143. The summed E-state index contributed by atoms with van der Waals surface area (Å²) in [4.78, 5) is 10.5. The summed E-state index contributed by atoms with van der Waals surface area (Å²) in [5.74, 6) is 0. The average Bonchev–Trinajstić information content (AvgIpc) is 2.36. The number of anilines is 1. The van der Waals surface area contributed by atoms with Gasteiger partial charge in [0, 0.05) is 33.9 Å². The van der Waals surface area contributed by atoms with E-state index in [9.17, 15) is 10.1 Å². The quantitative estimate of drug-likeness (QED) is 0.650. The Morgan fingerprint density at radius 2 is 1.85 bits per heavy atom. The van der Waals surface area contributed by atoms with Crippen LogP contribution in [0.4, 0.5) is 11.4 Å². The maximum absolute atomic E-state index is 10.9. The third-order valence-electron chi connectivity index (χ3n) is 2.91. The number of hydrogen-bond donors (Lipinski definition) is 1. The smallest absolute Gasteiger partial charge is 0.274 e. The van der Waals surface area contributed by atoms with Gasteiger partial charge in [-0.25, -0.2) is 0 Å². The van der Waals surface area contributed by atoms with Gasteiger partial charge in [0.1, 0.15) is 0 Å². The number of nitro benzene ring substituents is 1. The highest BCUT2D eigenvalue weighted by atomic mass is 35.5. The molecule has 0 saturated heterocycles. The van der Waals surface area contributed by atoms with Crippen molar-refractivity contribution >= 4 is 34.6 Å². The second kappa shape index (κ2) is 6.11. The Kier molecular flexibility index (Phi) is 4.47. The van der Waals surface area contributed by atoms with Crippen LogP contribution in [0.1, 0.15) is 11.1 Å². The van der Waals surface area contributed by atoms with E-state index in [-0.39, 0.29) is 5.69 Å². The van der Waals surface area contributed by atoms with Crippen LogP contribution in [-0.4, -0.2) is 4.92 Å². The number of nitrogens with zero attached hydrogens (tertiary/aromatic N) is 1. The van der Waals surface area contributed by atoms with Crippen LogP contribution in [0.25, 0.3) is 0 Å². The van der Waals surface area contributed by atoms with E-state index in [0.717, 1.165) is 11.3 Å². The van der Waals surface area contributed by atoms with Gasteiger partial charge in [0.25, 0.3) is 5.69 Å². The van der Waals surface area contributed by atoms with Gasteiger partial charge in [-0.05, 0) is 36.8 Å². The first-order valence-corrected chi connectivity index (χ1v) is 6.66. The lowest BCUT2D eigenvalue weighted by Crippen LogP contribution is -2.02. The Morgan fingerprint density at radius 3 is 2.45 bits per heavy atom. The van der Waals surface area contributed by atoms with E-state index in [2.05, 4.69) is 5.32 Å². The molecular formula is C14H12Cl2N2O2. The van der Waals surface area contributed by atoms with Crippen LogP contribution in [0, 0.1) is 17.0 Å². The molecule has 2 aromatic rings. The van der Waals surface area contributed by atoms with Gasteiger partial charge in [-0.2, -0.15) is 0 Å². The number of rotatable bonds is 4. The van der Waals surface area contributed by atoms with E-state index in [1.165, 1.54) is 6.07 Å². The largest absolute Gasteiger partial charge is 0.381 e. The van der Waals surface area contributed by atoms with Crippen molar-refractivity contribution in [3.8, 4) is 0 Å². The van der Waals surface area contributed by atoms with Crippen LogP contribution in [0.2, 0.25) is 10.0 Å². The van der Waals surface area contributed by atoms with Crippen molar-refractivity contribution in [2.75, 3.05) is 5.32 Å². The van der Waals surface area contributed by atoms with Gasteiger partial charge in [0.2, 0.25) is 0 Å². The number of nitrogens with one attached hydrogen (secondary N) is 1. The number of halogens is 2. The molecular weight excluding hydrogens is 299 g/mol. The van der Waals surface area contributed by atoms with Crippen molar-refractivity contribution in [1.82, 2.24) is 0 Å². The molecule has 0 aliphatic heterocycles. The summed E-state index contributed by atoms with van der Waals surface area (Å²) in [6, 6.07) is 10.2. The molecule has 0 radical (unpaired) electrons. The molecule has 1 N–H and O–H groups in total. The summed E-state index contributed by atoms with van der Waals surface area (Å²) in [5.41, 5.74) is 2.33. The maximum Gasteiger partial charge on any atom is 0.274 e. The zero-order valence-corrected chi connectivity index (χ0v) is 12.2. The molecule has 0 atom stereocenters. The van der Waals surface area contributed by atoms with E-state index >= 15 is 0 Å². The van der Waals surface area contributed by atoms with E-state index in [1.807, 2.05) is 0 Å². The lowest BCUT2D eigenvalue weighted by atomic mass is 10.1. The summed E-state index contributed by atoms with van der Waals surface area (Å²) >= 11 is 11.9. The van der Waals surface area contributed by atoms with Crippen LogP contribution in [0.15, 0.2) is 36.4 Å². The third kappa shape index (κ3) is 3.40. The fourth-order valence-corrected chi connectivity index (χ4v) is 2.49. The Morgan fingerprint density at radius 1 is 1.20 bits per heavy atom. The second-order valence-corrected chi connectivity index (χ2v) is 5.21. The van der Waals surface area contributed by atoms with Crippen LogP contribution >= 0.6 is 23.2 Å². The standard InChI is InChI=1S/C14H12Cl2N2O2/c1-9-13(3-2-4-14(9)18(19)20)17-8-10-5-11(15)7-12(16)6-10/h2-7,17H,8H2,1H3. The summed E-state index contributed by atoms with van der Waals surface area (Å²) in [7, 11) is 0. The van der Waals surface area contributed by atoms with Crippen LogP contribution in [0.5, 0.6) is 0 Å². The molecule has 0 fully saturated rings. The molecule has 0 spiro atoms. The van der Waals surface area contributed by atoms with E-state index in [4.69, 9.17) is 23.2 Å². The van der Waals surface area contributed by atoms with Crippen LogP contribution < -0.4 is 5.32 Å². The fourth-order valence-electron chi connectivity index (χ4n) is 1.92. The van der Waals surface area contributed by atoms with Crippen molar-refractivity contribution in [3.05, 3.63) is 67.7 Å². The first-order chi connectivity index (χ1) is 9.47. The summed E-state index contributed by atoms with van der Waals surface area (Å²) < 4.78 is 0. The average molecular weight is 311 g/mol. The van der Waals surface area contributed by atoms with Crippen LogP contribution in [-0.2, 0) is 6.54 Å². The zero-order valence-electron chi connectivity index (χ0n) is 10.7. The molecule has 0 saturated carbocycles. The minimum atomic E-state index is -0.392. The molecule has 2 aromatic carbocycles. The summed E-state index contributed by atoms with van der Waals surface area (Å²) in [5, 5.41) is 15.2. The van der Waals surface area contributed by atoms with Crippen molar-refractivity contribution in [2.45, 2.75) is 13.5 Å². The van der Waals surface area contributed by atoms with Crippen molar-refractivity contribution in [2.24, 2.45) is 0 Å². The van der Waals surface area contributed by atoms with Gasteiger partial charge in [-0.3, -0.25) is 10.1 Å². The Hall–Kier alpha value is -1.78. The molecule has 0 aliphatic rings. The van der Waals surface area contributed by atoms with E-state index in [1.54, 1.807) is 37.3 Å². The van der Waals surface area contributed by atoms with Crippen molar-refractivity contribution in [1.29, 1.82) is 0 Å². The highest BCUT2D eigenvalue weighted by molar-refractivity contribution is 6.34.